The molecule has 0 radical (unpaired) electrons. The smallest absolute Gasteiger partial charge is 0.271 e. The first-order chi connectivity index (χ1) is 15.7. The Kier molecular flexibility index (Phi) is 5.91. The molecule has 3 aromatic rings. The molecule has 2 heterocycles. The molecule has 7 nitrogen and oxygen atoms in total. The number of carbonyl (C=O) groups excluding carboxylic acids is 2. The topological polar surface area (TPSA) is 84.3 Å². The van der Waals surface area contributed by atoms with E-state index in [1.807, 2.05) is 6.92 Å². The van der Waals surface area contributed by atoms with Crippen molar-refractivity contribution in [3.8, 4) is 5.69 Å². The standard InChI is InChI=1S/C25H23FN4O3/c1-15-10-24(32)30(27-13-15)19-9-4-16(2)22(11-19)28-25(33)21-14-29(3)23(31)12-20(21)17-5-7-18(26)8-6-17/h4-11,13-14,20H,12H2,1-3H3,(H,28,33). The Hall–Kier alpha value is -4.07. The molecule has 0 spiro atoms. The van der Waals surface area contributed by atoms with E-state index in [1.54, 1.807) is 50.5 Å². The molecule has 0 fully saturated rings. The fraction of sp³-hybridized carbons (Fsp3) is 0.200. The summed E-state index contributed by atoms with van der Waals surface area (Å²) in [5, 5.41) is 7.08. The maximum Gasteiger partial charge on any atom is 0.271 e. The average Bonchev–Trinajstić information content (AvgIpc) is 2.77. The Balaban J connectivity index is 1.67. The zero-order valence-corrected chi connectivity index (χ0v) is 18.5. The van der Waals surface area contributed by atoms with Gasteiger partial charge in [0, 0.05) is 42.9 Å². The molecule has 2 amide bonds. The van der Waals surface area contributed by atoms with Crippen LogP contribution in [-0.4, -0.2) is 33.5 Å². The highest BCUT2D eigenvalue weighted by atomic mass is 19.1. The fourth-order valence-corrected chi connectivity index (χ4v) is 3.77. The molecular formula is C25H23FN4O3. The number of rotatable bonds is 4. The minimum atomic E-state index is -0.501. The monoisotopic (exact) mass is 446 g/mol. The Labute approximate surface area is 190 Å². The van der Waals surface area contributed by atoms with Gasteiger partial charge in [0.25, 0.3) is 11.5 Å². The Bertz CT molecular complexity index is 1330. The lowest BCUT2D eigenvalue weighted by Crippen LogP contribution is -2.33. The molecule has 1 aliphatic rings. The molecule has 1 aromatic heterocycles. The Morgan fingerprint density at radius 2 is 1.82 bits per heavy atom. The first-order valence-corrected chi connectivity index (χ1v) is 10.4. The molecule has 0 saturated heterocycles. The van der Waals surface area contributed by atoms with Crippen molar-refractivity contribution in [1.82, 2.24) is 14.7 Å². The molecule has 1 atom stereocenters. The molecule has 1 aliphatic heterocycles. The van der Waals surface area contributed by atoms with Crippen LogP contribution in [0.15, 0.2) is 71.3 Å². The van der Waals surface area contributed by atoms with Crippen LogP contribution in [0.4, 0.5) is 10.1 Å². The number of amides is 2. The minimum absolute atomic E-state index is 0.100. The third kappa shape index (κ3) is 4.59. The highest BCUT2D eigenvalue weighted by Crippen LogP contribution is 2.33. The van der Waals surface area contributed by atoms with Crippen molar-refractivity contribution >= 4 is 17.5 Å². The van der Waals surface area contributed by atoms with Gasteiger partial charge in [-0.25, -0.2) is 4.39 Å². The van der Waals surface area contributed by atoms with Crippen LogP contribution in [0, 0.1) is 19.7 Å². The van der Waals surface area contributed by atoms with Gasteiger partial charge < -0.3 is 10.2 Å². The quantitative estimate of drug-likeness (QED) is 0.665. The van der Waals surface area contributed by atoms with Crippen molar-refractivity contribution in [3.63, 3.8) is 0 Å². The molecule has 4 rings (SSSR count). The van der Waals surface area contributed by atoms with E-state index in [2.05, 4.69) is 10.4 Å². The van der Waals surface area contributed by atoms with Gasteiger partial charge in [-0.1, -0.05) is 18.2 Å². The third-order valence-electron chi connectivity index (χ3n) is 5.67. The predicted molar refractivity (Wildman–Crippen MR) is 123 cm³/mol. The second kappa shape index (κ2) is 8.82. The normalized spacial score (nSPS) is 15.9. The summed E-state index contributed by atoms with van der Waals surface area (Å²) in [7, 11) is 1.60. The molecule has 0 saturated carbocycles. The minimum Gasteiger partial charge on any atom is -0.322 e. The molecule has 168 valence electrons. The van der Waals surface area contributed by atoms with Gasteiger partial charge in [0.05, 0.1) is 11.9 Å². The first-order valence-electron chi connectivity index (χ1n) is 10.4. The summed E-state index contributed by atoms with van der Waals surface area (Å²) in [6, 6.07) is 12.5. The maximum atomic E-state index is 13.4. The molecule has 33 heavy (non-hydrogen) atoms. The van der Waals surface area contributed by atoms with Crippen LogP contribution in [0.2, 0.25) is 0 Å². The van der Waals surface area contributed by atoms with Crippen molar-refractivity contribution in [2.75, 3.05) is 12.4 Å². The van der Waals surface area contributed by atoms with Gasteiger partial charge in [0.2, 0.25) is 5.91 Å². The van der Waals surface area contributed by atoms with E-state index in [9.17, 15) is 18.8 Å². The van der Waals surface area contributed by atoms with Crippen molar-refractivity contribution in [3.05, 3.63) is 99.4 Å². The lowest BCUT2D eigenvalue weighted by molar-refractivity contribution is -0.128. The van der Waals surface area contributed by atoms with E-state index in [0.717, 1.165) is 11.1 Å². The zero-order valence-electron chi connectivity index (χ0n) is 18.5. The van der Waals surface area contributed by atoms with Gasteiger partial charge >= 0.3 is 0 Å². The van der Waals surface area contributed by atoms with Crippen molar-refractivity contribution < 1.29 is 14.0 Å². The second-order valence-corrected chi connectivity index (χ2v) is 8.13. The second-order valence-electron chi connectivity index (χ2n) is 8.13. The number of hydrogen-bond donors (Lipinski definition) is 1. The Morgan fingerprint density at radius 3 is 2.52 bits per heavy atom. The number of nitrogens with one attached hydrogen (secondary N) is 1. The molecular weight excluding hydrogens is 423 g/mol. The number of carbonyl (C=O) groups is 2. The van der Waals surface area contributed by atoms with E-state index in [4.69, 9.17) is 0 Å². The number of nitrogens with zero attached hydrogens (tertiary/aromatic N) is 3. The lowest BCUT2D eigenvalue weighted by atomic mass is 9.85. The SMILES string of the molecule is Cc1cnn(-c2ccc(C)c(NC(=O)C3=CN(C)C(=O)CC3c3ccc(F)cc3)c2)c(=O)c1. The van der Waals surface area contributed by atoms with E-state index in [1.165, 1.54) is 34.0 Å². The summed E-state index contributed by atoms with van der Waals surface area (Å²) in [6.07, 6.45) is 3.20. The van der Waals surface area contributed by atoms with Gasteiger partial charge in [-0.15, -0.1) is 0 Å². The van der Waals surface area contributed by atoms with Crippen LogP contribution in [-0.2, 0) is 9.59 Å². The summed E-state index contributed by atoms with van der Waals surface area (Å²) < 4.78 is 14.7. The van der Waals surface area contributed by atoms with Crippen molar-refractivity contribution in [1.29, 1.82) is 0 Å². The van der Waals surface area contributed by atoms with E-state index in [-0.39, 0.29) is 29.6 Å². The summed E-state index contributed by atoms with van der Waals surface area (Å²) in [4.78, 5) is 39.3. The van der Waals surface area contributed by atoms with Crippen LogP contribution in [0.5, 0.6) is 0 Å². The maximum absolute atomic E-state index is 13.4. The first kappa shape index (κ1) is 22.1. The molecule has 0 aliphatic carbocycles. The van der Waals surface area contributed by atoms with Crippen LogP contribution in [0.1, 0.15) is 29.0 Å². The Morgan fingerprint density at radius 1 is 1.09 bits per heavy atom. The summed E-state index contributed by atoms with van der Waals surface area (Å²) in [6.45, 7) is 3.63. The van der Waals surface area contributed by atoms with Gasteiger partial charge in [0.1, 0.15) is 5.82 Å². The molecule has 8 heteroatoms. The van der Waals surface area contributed by atoms with Gasteiger partial charge in [-0.05, 0) is 54.8 Å². The predicted octanol–water partition coefficient (Wildman–Crippen LogP) is 3.46. The number of halogens is 1. The number of anilines is 1. The van der Waals surface area contributed by atoms with Crippen LogP contribution in [0.25, 0.3) is 5.69 Å². The highest BCUT2D eigenvalue weighted by Gasteiger charge is 2.31. The molecule has 2 aromatic carbocycles. The van der Waals surface area contributed by atoms with Crippen LogP contribution in [0.3, 0.4) is 0 Å². The van der Waals surface area contributed by atoms with Gasteiger partial charge in [-0.2, -0.15) is 9.78 Å². The van der Waals surface area contributed by atoms with E-state index in [0.29, 0.717) is 22.5 Å². The fourth-order valence-electron chi connectivity index (χ4n) is 3.77. The number of aromatic nitrogens is 2. The van der Waals surface area contributed by atoms with Crippen LogP contribution < -0.4 is 10.9 Å². The third-order valence-corrected chi connectivity index (χ3v) is 5.67. The molecule has 0 bridgehead atoms. The average molecular weight is 446 g/mol. The molecule has 1 unspecified atom stereocenters. The van der Waals surface area contributed by atoms with Gasteiger partial charge in [-0.3, -0.25) is 14.4 Å². The lowest BCUT2D eigenvalue weighted by Gasteiger charge is -2.28. The largest absolute Gasteiger partial charge is 0.322 e. The van der Waals surface area contributed by atoms with E-state index < -0.39 is 5.92 Å². The van der Waals surface area contributed by atoms with Crippen molar-refractivity contribution in [2.24, 2.45) is 0 Å². The highest BCUT2D eigenvalue weighted by molar-refractivity contribution is 6.06. The van der Waals surface area contributed by atoms with Gasteiger partial charge in [0.15, 0.2) is 0 Å². The summed E-state index contributed by atoms with van der Waals surface area (Å²) in [5.74, 6) is -1.41. The van der Waals surface area contributed by atoms with Crippen LogP contribution >= 0.6 is 0 Å². The number of benzene rings is 2. The zero-order chi connectivity index (χ0) is 23.7. The number of hydrogen-bond acceptors (Lipinski definition) is 4. The molecule has 1 N–H and O–H groups in total. The number of aryl methyl sites for hydroxylation is 2. The summed E-state index contributed by atoms with van der Waals surface area (Å²) >= 11 is 0. The van der Waals surface area contributed by atoms with E-state index >= 15 is 0 Å². The summed E-state index contributed by atoms with van der Waals surface area (Å²) in [5.41, 5.74) is 3.38. The van der Waals surface area contributed by atoms with Crippen molar-refractivity contribution in [2.45, 2.75) is 26.2 Å².